The van der Waals surface area contributed by atoms with E-state index in [1.165, 1.54) is 11.3 Å². The fourth-order valence-corrected chi connectivity index (χ4v) is 7.47. The molecule has 0 saturated carbocycles. The second-order valence-corrected chi connectivity index (χ2v) is 16.4. The van der Waals surface area contributed by atoms with Crippen molar-refractivity contribution in [3.05, 3.63) is 52.1 Å². The number of carbonyl (C=O) groups excluding carboxylic acids is 1. The molecule has 4 heterocycles. The Kier molecular flexibility index (Phi) is 12.0. The molecule has 282 valence electrons. The van der Waals surface area contributed by atoms with E-state index in [9.17, 15) is 19.8 Å². The Morgan fingerprint density at radius 2 is 1.81 bits per heavy atom. The van der Waals surface area contributed by atoms with E-state index in [4.69, 9.17) is 19.4 Å². The van der Waals surface area contributed by atoms with Gasteiger partial charge in [-0.1, -0.05) is 19.9 Å². The van der Waals surface area contributed by atoms with Crippen LogP contribution in [0.2, 0.25) is 0 Å². The van der Waals surface area contributed by atoms with Crippen molar-refractivity contribution in [1.82, 2.24) is 24.8 Å². The number of rotatable bonds is 13. The number of amides is 1. The second kappa shape index (κ2) is 15.9. The lowest BCUT2D eigenvalue weighted by Crippen LogP contribution is -2.44. The fourth-order valence-electron chi connectivity index (χ4n) is 6.62. The Labute approximate surface area is 310 Å². The van der Waals surface area contributed by atoms with Gasteiger partial charge in [-0.05, 0) is 77.3 Å². The highest BCUT2D eigenvalue weighted by molar-refractivity contribution is 7.10. The molecule has 1 aromatic carbocycles. The largest absolute Gasteiger partial charge is 0.480 e. The number of aliphatic hydroxyl groups excluding tert-OH is 1. The van der Waals surface area contributed by atoms with Crippen LogP contribution in [0.1, 0.15) is 70.8 Å². The van der Waals surface area contributed by atoms with E-state index in [2.05, 4.69) is 65.7 Å². The Bertz CT molecular complexity index is 1890. The lowest BCUT2D eigenvalue weighted by atomic mass is 9.84. The number of hydrogen-bond acceptors (Lipinski definition) is 10. The number of piperazine rings is 1. The van der Waals surface area contributed by atoms with Gasteiger partial charge in [-0.3, -0.25) is 4.98 Å². The fraction of sp³-hybridized carbons (Fsp3) is 0.538. The number of aryl methyl sites for hydroxylation is 1. The minimum Gasteiger partial charge on any atom is -0.480 e. The summed E-state index contributed by atoms with van der Waals surface area (Å²) in [5.74, 6) is -1.16. The maximum absolute atomic E-state index is 12.4. The van der Waals surface area contributed by atoms with E-state index in [-0.39, 0.29) is 19.1 Å². The monoisotopic (exact) mass is 734 g/mol. The zero-order chi connectivity index (χ0) is 38.0. The molecule has 1 amide bonds. The highest BCUT2D eigenvalue weighted by Gasteiger charge is 2.30. The van der Waals surface area contributed by atoms with Crippen LogP contribution in [0.15, 0.2) is 35.8 Å². The molecule has 0 spiro atoms. The van der Waals surface area contributed by atoms with Crippen LogP contribution in [0.3, 0.4) is 0 Å². The van der Waals surface area contributed by atoms with Crippen molar-refractivity contribution in [2.24, 2.45) is 5.41 Å². The summed E-state index contributed by atoms with van der Waals surface area (Å²) in [6.45, 7) is 18.0. The number of likely N-dealkylation sites (N-methyl/N-ethyl adjacent to an activating group) is 1. The molecule has 1 saturated heterocycles. The molecular formula is C39H54N6O6S. The summed E-state index contributed by atoms with van der Waals surface area (Å²) in [4.78, 5) is 39.0. The summed E-state index contributed by atoms with van der Waals surface area (Å²) in [5, 5.41) is 26.4. The van der Waals surface area contributed by atoms with Gasteiger partial charge in [0, 0.05) is 80.3 Å². The van der Waals surface area contributed by atoms with Gasteiger partial charge in [0.15, 0.2) is 0 Å². The number of nitrogens with one attached hydrogen (secondary N) is 1. The molecule has 3 N–H and O–H groups in total. The van der Waals surface area contributed by atoms with Crippen molar-refractivity contribution in [3.8, 4) is 22.5 Å². The zero-order valence-corrected chi connectivity index (χ0v) is 32.8. The summed E-state index contributed by atoms with van der Waals surface area (Å²) in [7, 11) is 3.85. The molecule has 0 radical (unpaired) electrons. The van der Waals surface area contributed by atoms with Crippen LogP contribution in [0.4, 0.5) is 10.5 Å². The Hall–Kier alpha value is -4.04. The molecule has 1 aliphatic rings. The number of fused-ring (bicyclic) bond motifs is 1. The number of hydrogen-bond donors (Lipinski definition) is 3. The van der Waals surface area contributed by atoms with Gasteiger partial charge in [0.2, 0.25) is 0 Å². The molecule has 0 bridgehead atoms. The third kappa shape index (κ3) is 8.94. The molecule has 5 rings (SSSR count). The summed E-state index contributed by atoms with van der Waals surface area (Å²) in [5.41, 5.74) is 6.64. The first kappa shape index (κ1) is 39.2. The number of carboxylic acid groups (broad SMARTS) is 1. The summed E-state index contributed by atoms with van der Waals surface area (Å²) >= 11 is 1.35. The molecule has 52 heavy (non-hydrogen) atoms. The van der Waals surface area contributed by atoms with Crippen molar-refractivity contribution in [3.63, 3.8) is 0 Å². The number of nitrogens with zero attached hydrogens (tertiary/aromatic N) is 5. The Morgan fingerprint density at radius 3 is 2.42 bits per heavy atom. The molecule has 1 fully saturated rings. The molecule has 0 unspecified atom stereocenters. The van der Waals surface area contributed by atoms with E-state index < -0.39 is 29.1 Å². The van der Waals surface area contributed by atoms with Crippen molar-refractivity contribution in [2.75, 3.05) is 51.8 Å². The Balaban J connectivity index is 1.61. The van der Waals surface area contributed by atoms with Gasteiger partial charge in [0.05, 0.1) is 40.1 Å². The van der Waals surface area contributed by atoms with Crippen molar-refractivity contribution in [2.45, 2.75) is 85.6 Å². The van der Waals surface area contributed by atoms with Crippen molar-refractivity contribution >= 4 is 40.0 Å². The van der Waals surface area contributed by atoms with Crippen molar-refractivity contribution < 1.29 is 29.3 Å². The zero-order valence-electron chi connectivity index (χ0n) is 31.9. The predicted octanol–water partition coefficient (Wildman–Crippen LogP) is 6.39. The number of methoxy groups -OCH3 is 1. The van der Waals surface area contributed by atoms with Gasteiger partial charge in [-0.25, -0.2) is 14.6 Å². The quantitative estimate of drug-likeness (QED) is 0.142. The minimum absolute atomic E-state index is 0.0172. The van der Waals surface area contributed by atoms with Crippen LogP contribution in [0.5, 0.6) is 0 Å². The van der Waals surface area contributed by atoms with Crippen LogP contribution in [-0.4, -0.2) is 100 Å². The third-order valence-electron chi connectivity index (χ3n) is 9.55. The molecule has 1 aliphatic heterocycles. The van der Waals surface area contributed by atoms with Gasteiger partial charge < -0.3 is 39.4 Å². The van der Waals surface area contributed by atoms with E-state index >= 15 is 0 Å². The standard InChI is InChI=1S/C39H54N6O6S/c1-10-45-32-12-11-25(31-22-52-33(41-31)19-30(36(47)48)42-37(49)51-38(3,4)5)17-27(32)29(20-39(6,7)23-46)35(45)28-18-26(21-40-34(28)24(2)50-9)44-15-13-43(8)14-16-44/h11-12,17-18,21-22,24,30,46H,10,13-16,19-20,23H2,1-9H3,(H,42,49)(H,47,48)/t24-,30-/m0/s1. The van der Waals surface area contributed by atoms with Crippen LogP contribution in [0.25, 0.3) is 33.4 Å². The number of aliphatic carboxylic acids is 1. The van der Waals surface area contributed by atoms with E-state index in [1.54, 1.807) is 27.9 Å². The first-order valence-electron chi connectivity index (χ1n) is 17.9. The first-order chi connectivity index (χ1) is 24.5. The number of benzene rings is 1. The topological polar surface area (TPSA) is 142 Å². The Morgan fingerprint density at radius 1 is 1.10 bits per heavy atom. The minimum atomic E-state index is -1.19. The normalized spacial score (nSPS) is 15.5. The summed E-state index contributed by atoms with van der Waals surface area (Å²) in [6, 6.07) is 7.38. The molecule has 4 aromatic rings. The van der Waals surface area contributed by atoms with E-state index in [0.717, 1.165) is 70.8 Å². The van der Waals surface area contributed by atoms with Crippen LogP contribution in [-0.2, 0) is 33.7 Å². The number of carboxylic acids is 1. The van der Waals surface area contributed by atoms with Gasteiger partial charge in [-0.15, -0.1) is 11.3 Å². The van der Waals surface area contributed by atoms with E-state index in [1.807, 2.05) is 24.6 Å². The van der Waals surface area contributed by atoms with Gasteiger partial charge in [0.25, 0.3) is 0 Å². The summed E-state index contributed by atoms with van der Waals surface area (Å²) in [6.07, 6.45) is 1.56. The molecule has 13 heteroatoms. The number of aliphatic hydroxyl groups is 1. The lowest BCUT2D eigenvalue weighted by Gasteiger charge is -2.34. The summed E-state index contributed by atoms with van der Waals surface area (Å²) < 4.78 is 13.5. The number of thiazole rings is 1. The van der Waals surface area contributed by atoms with Crippen LogP contribution >= 0.6 is 11.3 Å². The number of alkyl carbamates (subject to hydrolysis) is 1. The molecular weight excluding hydrogens is 681 g/mol. The van der Waals surface area contributed by atoms with Gasteiger partial charge in [0.1, 0.15) is 11.6 Å². The molecule has 2 atom stereocenters. The number of carbonyl (C=O) groups is 2. The number of anilines is 1. The first-order valence-corrected chi connectivity index (χ1v) is 18.8. The highest BCUT2D eigenvalue weighted by atomic mass is 32.1. The highest BCUT2D eigenvalue weighted by Crippen LogP contribution is 2.42. The molecule has 0 aliphatic carbocycles. The maximum atomic E-state index is 12.4. The number of aromatic nitrogens is 3. The number of ether oxygens (including phenoxy) is 2. The smallest absolute Gasteiger partial charge is 0.408 e. The van der Waals surface area contributed by atoms with E-state index in [0.29, 0.717) is 23.7 Å². The number of pyridine rings is 1. The SMILES string of the molecule is CCn1c(-c2cc(N3CCN(C)CC3)cnc2[C@H](C)OC)c(CC(C)(C)CO)c2cc(-c3csc(C[C@H](NC(=O)OC(C)(C)C)C(=O)O)n3)ccc21. The molecule has 12 nitrogen and oxygen atoms in total. The average molecular weight is 735 g/mol. The second-order valence-electron chi connectivity index (χ2n) is 15.5. The molecule has 3 aromatic heterocycles. The lowest BCUT2D eigenvalue weighted by molar-refractivity contribution is -0.139. The maximum Gasteiger partial charge on any atom is 0.408 e. The van der Waals surface area contributed by atoms with Crippen molar-refractivity contribution in [1.29, 1.82) is 0 Å². The van der Waals surface area contributed by atoms with Gasteiger partial charge >= 0.3 is 12.1 Å². The third-order valence-corrected chi connectivity index (χ3v) is 10.4. The average Bonchev–Trinajstić information content (AvgIpc) is 3.68. The van der Waals surface area contributed by atoms with Crippen LogP contribution < -0.4 is 10.2 Å². The predicted molar refractivity (Wildman–Crippen MR) is 206 cm³/mol. The van der Waals surface area contributed by atoms with Crippen LogP contribution in [0, 0.1) is 5.41 Å². The van der Waals surface area contributed by atoms with Gasteiger partial charge in [-0.2, -0.15) is 0 Å².